The molecule has 0 aromatic heterocycles. The van der Waals surface area contributed by atoms with Gasteiger partial charge in [-0.15, -0.1) is 0 Å². The Bertz CT molecular complexity index is 563. The lowest BCUT2D eigenvalue weighted by atomic mass is 9.98. The van der Waals surface area contributed by atoms with Gasteiger partial charge < -0.3 is 19.7 Å². The first-order valence-corrected chi connectivity index (χ1v) is 9.56. The number of carbonyl (C=O) groups excluding carboxylic acids is 1. The molecular weight excluding hydrogens is 330 g/mol. The third kappa shape index (κ3) is 6.67. The molecule has 1 aromatic rings. The molecule has 0 aliphatic carbocycles. The maximum atomic E-state index is 12.0. The van der Waals surface area contributed by atoms with Gasteiger partial charge in [0, 0.05) is 19.6 Å². The zero-order valence-corrected chi connectivity index (χ0v) is 15.9. The lowest BCUT2D eigenvalue weighted by Crippen LogP contribution is -2.48. The highest BCUT2D eigenvalue weighted by Crippen LogP contribution is 2.18. The van der Waals surface area contributed by atoms with Crippen molar-refractivity contribution < 1.29 is 14.3 Å². The van der Waals surface area contributed by atoms with Gasteiger partial charge in [-0.05, 0) is 32.3 Å². The predicted molar refractivity (Wildman–Crippen MR) is 103 cm³/mol. The Hall–Kier alpha value is -2.08. The van der Waals surface area contributed by atoms with Crippen LogP contribution in [-0.4, -0.2) is 56.2 Å². The number of aliphatic imine (C=N–C) groups is 1. The van der Waals surface area contributed by atoms with E-state index < -0.39 is 0 Å². The second kappa shape index (κ2) is 11.5. The van der Waals surface area contributed by atoms with Crippen LogP contribution in [0.15, 0.2) is 35.3 Å². The molecule has 0 amide bonds. The number of piperidine rings is 1. The molecule has 1 fully saturated rings. The molecule has 0 saturated carbocycles. The van der Waals surface area contributed by atoms with Crippen molar-refractivity contribution in [1.82, 2.24) is 10.2 Å². The van der Waals surface area contributed by atoms with Gasteiger partial charge in [-0.3, -0.25) is 9.79 Å². The monoisotopic (exact) mass is 361 g/mol. The van der Waals surface area contributed by atoms with Gasteiger partial charge in [-0.2, -0.15) is 0 Å². The number of ether oxygens (including phenoxy) is 2. The van der Waals surface area contributed by atoms with Crippen molar-refractivity contribution in [2.24, 2.45) is 10.9 Å². The summed E-state index contributed by atoms with van der Waals surface area (Å²) in [6.07, 6.45) is 1.85. The van der Waals surface area contributed by atoms with Crippen LogP contribution in [0.3, 0.4) is 0 Å². The summed E-state index contributed by atoms with van der Waals surface area (Å²) in [5.74, 6) is 0.686. The highest BCUT2D eigenvalue weighted by atomic mass is 16.5. The van der Waals surface area contributed by atoms with E-state index in [0.717, 1.165) is 37.5 Å². The average Bonchev–Trinajstić information content (AvgIpc) is 2.68. The molecule has 6 heteroatoms. The number of hydrogen-bond acceptors (Lipinski definition) is 4. The predicted octanol–water partition coefficient (Wildman–Crippen LogP) is 2.44. The topological polar surface area (TPSA) is 63.2 Å². The summed E-state index contributed by atoms with van der Waals surface area (Å²) in [7, 11) is 0. The van der Waals surface area contributed by atoms with Crippen molar-refractivity contribution in [2.45, 2.75) is 33.3 Å². The molecule has 2 rings (SSSR count). The molecule has 1 saturated heterocycles. The van der Waals surface area contributed by atoms with E-state index in [0.29, 0.717) is 32.9 Å². The smallest absolute Gasteiger partial charge is 0.310 e. The van der Waals surface area contributed by atoms with E-state index in [-0.39, 0.29) is 11.9 Å². The second-order valence-electron chi connectivity index (χ2n) is 6.31. The molecule has 0 bridgehead atoms. The summed E-state index contributed by atoms with van der Waals surface area (Å²) in [4.78, 5) is 18.8. The molecule has 6 nitrogen and oxygen atoms in total. The minimum Gasteiger partial charge on any atom is -0.466 e. The minimum absolute atomic E-state index is 0.0677. The van der Waals surface area contributed by atoms with Gasteiger partial charge in [0.15, 0.2) is 5.96 Å². The molecule has 1 aliphatic heterocycles. The fourth-order valence-electron chi connectivity index (χ4n) is 3.03. The summed E-state index contributed by atoms with van der Waals surface area (Å²) in [6, 6.07) is 10.1. The number of carbonyl (C=O) groups is 1. The van der Waals surface area contributed by atoms with Crippen LogP contribution in [0.4, 0.5) is 0 Å². The third-order valence-electron chi connectivity index (χ3n) is 4.28. The van der Waals surface area contributed by atoms with Gasteiger partial charge in [0.1, 0.15) is 0 Å². The number of hydrogen-bond donors (Lipinski definition) is 1. The number of esters is 1. The highest BCUT2D eigenvalue weighted by Gasteiger charge is 2.28. The molecule has 26 heavy (non-hydrogen) atoms. The number of benzene rings is 1. The number of guanidine groups is 1. The van der Waals surface area contributed by atoms with Gasteiger partial charge in [0.2, 0.25) is 0 Å². The Morgan fingerprint density at radius 3 is 2.85 bits per heavy atom. The van der Waals surface area contributed by atoms with Crippen molar-refractivity contribution in [1.29, 1.82) is 0 Å². The zero-order valence-electron chi connectivity index (χ0n) is 15.9. The van der Waals surface area contributed by atoms with Crippen LogP contribution >= 0.6 is 0 Å². The maximum absolute atomic E-state index is 12.0. The Kier molecular flexibility index (Phi) is 8.96. The lowest BCUT2D eigenvalue weighted by molar-refractivity contribution is -0.149. The van der Waals surface area contributed by atoms with Crippen LogP contribution in [0, 0.1) is 5.92 Å². The van der Waals surface area contributed by atoms with Crippen LogP contribution in [0.2, 0.25) is 0 Å². The SMILES string of the molecule is CCNC(=NCCOCc1ccccc1)N1CCCC(C(=O)OCC)C1. The van der Waals surface area contributed by atoms with E-state index in [9.17, 15) is 4.79 Å². The van der Waals surface area contributed by atoms with Crippen molar-refractivity contribution >= 4 is 11.9 Å². The summed E-state index contributed by atoms with van der Waals surface area (Å²) < 4.78 is 10.9. The molecule has 1 aromatic carbocycles. The van der Waals surface area contributed by atoms with Gasteiger partial charge >= 0.3 is 5.97 Å². The largest absolute Gasteiger partial charge is 0.466 e. The standard InChI is InChI=1S/C20H31N3O3/c1-3-21-20(22-12-14-25-16-17-9-6-5-7-10-17)23-13-8-11-18(15-23)19(24)26-4-2/h5-7,9-10,18H,3-4,8,11-16H2,1-2H3,(H,21,22). The number of nitrogens with one attached hydrogen (secondary N) is 1. The van der Waals surface area contributed by atoms with Gasteiger partial charge in [0.25, 0.3) is 0 Å². The molecule has 1 unspecified atom stereocenters. The Morgan fingerprint density at radius 1 is 1.31 bits per heavy atom. The first kappa shape index (κ1) is 20.2. The summed E-state index contributed by atoms with van der Waals surface area (Å²) >= 11 is 0. The fourth-order valence-corrected chi connectivity index (χ4v) is 3.03. The molecule has 1 N–H and O–H groups in total. The maximum Gasteiger partial charge on any atom is 0.310 e. The van der Waals surface area contributed by atoms with Gasteiger partial charge in [0.05, 0.1) is 32.3 Å². The van der Waals surface area contributed by atoms with E-state index in [1.165, 1.54) is 0 Å². The van der Waals surface area contributed by atoms with Gasteiger partial charge in [-0.25, -0.2) is 0 Å². The van der Waals surface area contributed by atoms with Gasteiger partial charge in [-0.1, -0.05) is 30.3 Å². The van der Waals surface area contributed by atoms with E-state index in [2.05, 4.69) is 27.3 Å². The zero-order chi connectivity index (χ0) is 18.6. The Morgan fingerprint density at radius 2 is 2.12 bits per heavy atom. The Labute approximate surface area is 156 Å². The average molecular weight is 361 g/mol. The number of likely N-dealkylation sites (tertiary alicyclic amines) is 1. The first-order chi connectivity index (χ1) is 12.7. The molecule has 1 aliphatic rings. The van der Waals surface area contributed by atoms with Crippen molar-refractivity contribution in [2.75, 3.05) is 39.4 Å². The van der Waals surface area contributed by atoms with E-state index in [1.54, 1.807) is 0 Å². The van der Waals surface area contributed by atoms with Crippen LogP contribution in [0.5, 0.6) is 0 Å². The molecule has 0 radical (unpaired) electrons. The molecule has 1 atom stereocenters. The second-order valence-corrected chi connectivity index (χ2v) is 6.31. The first-order valence-electron chi connectivity index (χ1n) is 9.56. The molecule has 144 valence electrons. The summed E-state index contributed by atoms with van der Waals surface area (Å²) in [5, 5.41) is 3.32. The third-order valence-corrected chi connectivity index (χ3v) is 4.28. The van der Waals surface area contributed by atoms with Crippen molar-refractivity contribution in [3.05, 3.63) is 35.9 Å². The molecule has 1 heterocycles. The quantitative estimate of drug-likeness (QED) is 0.333. The summed E-state index contributed by atoms with van der Waals surface area (Å²) in [5.41, 5.74) is 1.16. The van der Waals surface area contributed by atoms with Crippen LogP contribution in [0.25, 0.3) is 0 Å². The molecule has 0 spiro atoms. The van der Waals surface area contributed by atoms with E-state index >= 15 is 0 Å². The van der Waals surface area contributed by atoms with E-state index in [1.807, 2.05) is 32.0 Å². The van der Waals surface area contributed by atoms with Crippen molar-refractivity contribution in [3.8, 4) is 0 Å². The fraction of sp³-hybridized carbons (Fsp3) is 0.600. The number of nitrogens with zero attached hydrogens (tertiary/aromatic N) is 2. The van der Waals surface area contributed by atoms with Crippen molar-refractivity contribution in [3.63, 3.8) is 0 Å². The Balaban J connectivity index is 1.82. The minimum atomic E-state index is -0.0979. The van der Waals surface area contributed by atoms with Crippen LogP contribution < -0.4 is 5.32 Å². The van der Waals surface area contributed by atoms with Crippen LogP contribution in [-0.2, 0) is 20.9 Å². The normalized spacial score (nSPS) is 17.8. The molecular formula is C20H31N3O3. The lowest BCUT2D eigenvalue weighted by Gasteiger charge is -2.34. The summed E-state index contributed by atoms with van der Waals surface area (Å²) in [6.45, 7) is 8.46. The van der Waals surface area contributed by atoms with E-state index in [4.69, 9.17) is 9.47 Å². The number of rotatable bonds is 8. The van der Waals surface area contributed by atoms with Crippen LogP contribution in [0.1, 0.15) is 32.3 Å². The highest BCUT2D eigenvalue weighted by molar-refractivity contribution is 5.81.